The fraction of sp³-hybridized carbons (Fsp3) is 0.219. The molecular weight excluding hydrogens is 474 g/mol. The van der Waals surface area contributed by atoms with Crippen molar-refractivity contribution >= 4 is 34.2 Å². The lowest BCUT2D eigenvalue weighted by Crippen LogP contribution is -2.53. The van der Waals surface area contributed by atoms with Gasteiger partial charge in [-0.2, -0.15) is 0 Å². The summed E-state index contributed by atoms with van der Waals surface area (Å²) < 4.78 is 0. The Labute approximate surface area is 222 Å². The first-order chi connectivity index (χ1) is 18.5. The molecule has 6 nitrogen and oxygen atoms in total. The Kier molecular flexibility index (Phi) is 7.22. The molecule has 4 aromatic rings. The molecule has 1 N–H and O–H groups in total. The van der Waals surface area contributed by atoms with E-state index in [1.807, 2.05) is 98.8 Å². The second kappa shape index (κ2) is 10.9. The van der Waals surface area contributed by atoms with E-state index in [0.717, 1.165) is 33.2 Å². The van der Waals surface area contributed by atoms with Gasteiger partial charge in [0.05, 0.1) is 5.69 Å². The molecule has 1 unspecified atom stereocenters. The summed E-state index contributed by atoms with van der Waals surface area (Å²) >= 11 is 0. The smallest absolute Gasteiger partial charge is 0.259 e. The Hall–Kier alpha value is -4.45. The van der Waals surface area contributed by atoms with Crippen molar-refractivity contribution in [2.24, 2.45) is 0 Å². The van der Waals surface area contributed by atoms with Gasteiger partial charge >= 0.3 is 0 Å². The molecule has 4 aromatic carbocycles. The van der Waals surface area contributed by atoms with Crippen molar-refractivity contribution in [2.45, 2.75) is 32.9 Å². The minimum atomic E-state index is -0.736. The zero-order valence-electron chi connectivity index (χ0n) is 21.7. The Morgan fingerprint density at radius 2 is 1.61 bits per heavy atom. The van der Waals surface area contributed by atoms with Crippen LogP contribution in [0.3, 0.4) is 0 Å². The van der Waals surface area contributed by atoms with E-state index in [1.54, 1.807) is 15.9 Å². The van der Waals surface area contributed by atoms with Crippen molar-refractivity contribution in [2.75, 3.05) is 18.0 Å². The fourth-order valence-corrected chi connectivity index (χ4v) is 5.18. The quantitative estimate of drug-likeness (QED) is 0.352. The first kappa shape index (κ1) is 25.2. The normalized spacial score (nSPS) is 13.0. The summed E-state index contributed by atoms with van der Waals surface area (Å²) in [6.45, 7) is 4.43. The third-order valence-electron chi connectivity index (χ3n) is 7.17. The molecule has 0 saturated heterocycles. The van der Waals surface area contributed by atoms with E-state index >= 15 is 0 Å². The maximum atomic E-state index is 14.1. The molecule has 3 amide bonds. The largest absolute Gasteiger partial charge is 0.355 e. The van der Waals surface area contributed by atoms with Gasteiger partial charge in [0, 0.05) is 30.5 Å². The molecule has 0 saturated carbocycles. The molecule has 0 fully saturated rings. The average Bonchev–Trinajstić information content (AvgIpc) is 3.20. The number of hydrogen-bond acceptors (Lipinski definition) is 3. The van der Waals surface area contributed by atoms with Gasteiger partial charge in [-0.25, -0.2) is 0 Å². The van der Waals surface area contributed by atoms with Gasteiger partial charge in [0.2, 0.25) is 11.8 Å². The predicted octanol–water partition coefficient (Wildman–Crippen LogP) is 4.88. The highest BCUT2D eigenvalue weighted by Gasteiger charge is 2.35. The SMILES string of the molecule is CCNC(=O)C(Cc1ccccc1)N(Cc1ccccc1C)C(=O)CN1C(=O)c2cccc3cccc1c23. The first-order valence-electron chi connectivity index (χ1n) is 13.0. The Morgan fingerprint density at radius 1 is 0.895 bits per heavy atom. The lowest BCUT2D eigenvalue weighted by molar-refractivity contribution is -0.140. The van der Waals surface area contributed by atoms with E-state index in [0.29, 0.717) is 18.5 Å². The lowest BCUT2D eigenvalue weighted by atomic mass is 10.0. The molecule has 0 aromatic heterocycles. The number of nitrogens with one attached hydrogen (secondary N) is 1. The Bertz CT molecular complexity index is 1490. The maximum Gasteiger partial charge on any atom is 0.259 e. The molecule has 0 radical (unpaired) electrons. The van der Waals surface area contributed by atoms with Crippen molar-refractivity contribution < 1.29 is 14.4 Å². The topological polar surface area (TPSA) is 69.7 Å². The standard InChI is InChI=1S/C32H31N3O3/c1-3-33-31(37)28(19-23-12-5-4-6-13-23)34(20-25-14-8-7-11-22(25)2)29(36)21-35-27-18-10-16-24-15-9-17-26(30(24)27)32(35)38/h4-18,28H,3,19-21H2,1-2H3,(H,33,37). The number of carbonyl (C=O) groups excluding carboxylic acids is 3. The number of hydrogen-bond donors (Lipinski definition) is 1. The minimum absolute atomic E-state index is 0.150. The van der Waals surface area contributed by atoms with Crippen molar-refractivity contribution in [3.8, 4) is 0 Å². The molecule has 0 aliphatic carbocycles. The van der Waals surface area contributed by atoms with Crippen LogP contribution >= 0.6 is 0 Å². The maximum absolute atomic E-state index is 14.1. The molecule has 38 heavy (non-hydrogen) atoms. The molecule has 1 aliphatic heterocycles. The fourth-order valence-electron chi connectivity index (χ4n) is 5.18. The minimum Gasteiger partial charge on any atom is -0.355 e. The highest BCUT2D eigenvalue weighted by atomic mass is 16.2. The number of nitrogens with zero attached hydrogens (tertiary/aromatic N) is 2. The number of carbonyl (C=O) groups is 3. The van der Waals surface area contributed by atoms with Crippen LogP contribution in [-0.2, 0) is 22.6 Å². The summed E-state index contributed by atoms with van der Waals surface area (Å²) in [5.41, 5.74) is 4.28. The van der Waals surface area contributed by atoms with Gasteiger partial charge in [-0.05, 0) is 48.1 Å². The van der Waals surface area contributed by atoms with Gasteiger partial charge < -0.3 is 10.2 Å². The summed E-state index contributed by atoms with van der Waals surface area (Å²) in [5, 5.41) is 4.75. The van der Waals surface area contributed by atoms with E-state index in [4.69, 9.17) is 0 Å². The summed E-state index contributed by atoms with van der Waals surface area (Å²) in [5.74, 6) is -0.686. The Morgan fingerprint density at radius 3 is 2.34 bits per heavy atom. The molecule has 6 heteroatoms. The molecule has 5 rings (SSSR count). The van der Waals surface area contributed by atoms with E-state index in [-0.39, 0.29) is 30.8 Å². The molecule has 1 heterocycles. The first-order valence-corrected chi connectivity index (χ1v) is 13.0. The van der Waals surface area contributed by atoms with E-state index in [1.165, 1.54) is 0 Å². The van der Waals surface area contributed by atoms with Crippen molar-refractivity contribution in [1.82, 2.24) is 10.2 Å². The molecule has 0 bridgehead atoms. The molecule has 1 aliphatic rings. The lowest BCUT2D eigenvalue weighted by Gasteiger charge is -2.33. The van der Waals surface area contributed by atoms with Crippen LogP contribution in [0.1, 0.15) is 34.0 Å². The summed E-state index contributed by atoms with van der Waals surface area (Å²) in [4.78, 5) is 44.1. The second-order valence-corrected chi connectivity index (χ2v) is 9.62. The zero-order chi connectivity index (χ0) is 26.6. The van der Waals surface area contributed by atoms with E-state index < -0.39 is 6.04 Å². The van der Waals surface area contributed by atoms with Crippen LogP contribution in [0.25, 0.3) is 10.8 Å². The van der Waals surface area contributed by atoms with E-state index in [9.17, 15) is 14.4 Å². The molecule has 192 valence electrons. The van der Waals surface area contributed by atoms with Crippen LogP contribution < -0.4 is 10.2 Å². The van der Waals surface area contributed by atoms with Crippen LogP contribution in [0.15, 0.2) is 91.0 Å². The van der Waals surface area contributed by atoms with Crippen molar-refractivity contribution in [3.63, 3.8) is 0 Å². The van der Waals surface area contributed by atoms with Gasteiger partial charge in [0.1, 0.15) is 12.6 Å². The highest BCUT2D eigenvalue weighted by molar-refractivity contribution is 6.26. The van der Waals surface area contributed by atoms with Crippen LogP contribution in [0.4, 0.5) is 5.69 Å². The zero-order valence-corrected chi connectivity index (χ0v) is 21.7. The van der Waals surface area contributed by atoms with Gasteiger partial charge in [0.15, 0.2) is 0 Å². The second-order valence-electron chi connectivity index (χ2n) is 9.62. The number of aryl methyl sites for hydroxylation is 1. The number of benzene rings is 4. The summed E-state index contributed by atoms with van der Waals surface area (Å²) in [7, 11) is 0. The predicted molar refractivity (Wildman–Crippen MR) is 150 cm³/mol. The monoisotopic (exact) mass is 505 g/mol. The summed E-state index contributed by atoms with van der Waals surface area (Å²) in [6.07, 6.45) is 0.369. The van der Waals surface area contributed by atoms with Crippen molar-refractivity contribution in [3.05, 3.63) is 113 Å². The number of likely N-dealkylation sites (N-methyl/N-ethyl adjacent to an activating group) is 1. The van der Waals surface area contributed by atoms with Crippen LogP contribution in [-0.4, -0.2) is 41.8 Å². The van der Waals surface area contributed by atoms with Crippen LogP contribution in [0.2, 0.25) is 0 Å². The van der Waals surface area contributed by atoms with Crippen LogP contribution in [0.5, 0.6) is 0 Å². The number of rotatable bonds is 9. The van der Waals surface area contributed by atoms with Gasteiger partial charge in [-0.1, -0.05) is 78.9 Å². The van der Waals surface area contributed by atoms with Crippen LogP contribution in [0, 0.1) is 6.92 Å². The molecule has 0 spiro atoms. The summed E-state index contributed by atoms with van der Waals surface area (Å²) in [6, 6.07) is 28.2. The Balaban J connectivity index is 1.51. The third-order valence-corrected chi connectivity index (χ3v) is 7.17. The van der Waals surface area contributed by atoms with Gasteiger partial charge in [-0.3, -0.25) is 19.3 Å². The van der Waals surface area contributed by atoms with E-state index in [2.05, 4.69) is 5.32 Å². The molecule has 1 atom stereocenters. The van der Waals surface area contributed by atoms with Crippen molar-refractivity contribution in [1.29, 1.82) is 0 Å². The molecular formula is C32H31N3O3. The van der Waals surface area contributed by atoms with Gasteiger partial charge in [0.25, 0.3) is 5.91 Å². The average molecular weight is 506 g/mol. The number of amides is 3. The van der Waals surface area contributed by atoms with Gasteiger partial charge in [-0.15, -0.1) is 0 Å². The number of anilines is 1. The highest BCUT2D eigenvalue weighted by Crippen LogP contribution is 2.37. The third kappa shape index (κ3) is 4.90.